The number of benzene rings is 1. The van der Waals surface area contributed by atoms with Crippen LogP contribution in [0.3, 0.4) is 0 Å². The second-order valence-electron chi connectivity index (χ2n) is 8.79. The molecule has 2 atom stereocenters. The first-order chi connectivity index (χ1) is 14.3. The van der Waals surface area contributed by atoms with Gasteiger partial charge in [-0.3, -0.25) is 0 Å². The van der Waals surface area contributed by atoms with Crippen molar-refractivity contribution in [1.29, 1.82) is 0 Å². The van der Waals surface area contributed by atoms with E-state index in [1.165, 1.54) is 95.5 Å². The topological polar surface area (TPSA) is 17.8 Å². The van der Waals surface area contributed by atoms with E-state index in [4.69, 9.17) is 0 Å². The van der Waals surface area contributed by atoms with E-state index in [-0.39, 0.29) is 0 Å². The summed E-state index contributed by atoms with van der Waals surface area (Å²) in [7, 11) is 0. The quantitative estimate of drug-likeness (QED) is 0.245. The van der Waals surface area contributed by atoms with E-state index in [9.17, 15) is 0 Å². The molecule has 0 radical (unpaired) electrons. The van der Waals surface area contributed by atoms with E-state index in [1.807, 2.05) is 6.20 Å². The molecule has 1 aromatic heterocycles. The molecule has 0 aliphatic rings. The molecule has 0 bridgehead atoms. The van der Waals surface area contributed by atoms with Crippen molar-refractivity contribution in [3.8, 4) is 0 Å². The number of imidazole rings is 1. The summed E-state index contributed by atoms with van der Waals surface area (Å²) in [6.07, 6.45) is 25.1. The lowest BCUT2D eigenvalue weighted by Gasteiger charge is -2.29. The summed E-state index contributed by atoms with van der Waals surface area (Å²) in [6.45, 7) is 4.60. The van der Waals surface area contributed by atoms with Crippen molar-refractivity contribution < 1.29 is 0 Å². The van der Waals surface area contributed by atoms with Gasteiger partial charge in [-0.15, -0.1) is 0 Å². The Bertz CT molecular complexity index is 590. The Morgan fingerprint density at radius 3 is 2.03 bits per heavy atom. The van der Waals surface area contributed by atoms with Gasteiger partial charge in [-0.2, -0.15) is 0 Å². The minimum Gasteiger partial charge on any atom is -0.334 e. The SMILES string of the molecule is CCCCCCCCCC(C(CCCCCC)Cc1ccccc1)n1ccnc1. The highest BCUT2D eigenvalue weighted by Crippen LogP contribution is 2.32. The van der Waals surface area contributed by atoms with Crippen molar-refractivity contribution in [2.75, 3.05) is 0 Å². The molecular formula is C27H44N2. The minimum atomic E-state index is 0.579. The molecule has 2 nitrogen and oxygen atoms in total. The van der Waals surface area contributed by atoms with Crippen LogP contribution in [0.25, 0.3) is 0 Å². The van der Waals surface area contributed by atoms with Crippen molar-refractivity contribution in [1.82, 2.24) is 9.55 Å². The average Bonchev–Trinajstić information content (AvgIpc) is 3.28. The third-order valence-electron chi connectivity index (χ3n) is 6.32. The van der Waals surface area contributed by atoms with Crippen LogP contribution in [0.1, 0.15) is 109 Å². The zero-order chi connectivity index (χ0) is 20.6. The summed E-state index contributed by atoms with van der Waals surface area (Å²) in [6, 6.07) is 11.7. The predicted molar refractivity (Wildman–Crippen MR) is 126 cm³/mol. The number of unbranched alkanes of at least 4 members (excludes halogenated alkanes) is 9. The zero-order valence-electron chi connectivity index (χ0n) is 19.1. The predicted octanol–water partition coefficient (Wildman–Crippen LogP) is 8.39. The molecule has 0 aliphatic carbocycles. The van der Waals surface area contributed by atoms with Crippen LogP contribution >= 0.6 is 0 Å². The Kier molecular flexibility index (Phi) is 12.5. The summed E-state index contributed by atoms with van der Waals surface area (Å²) in [5.74, 6) is 0.698. The normalized spacial score (nSPS) is 13.4. The van der Waals surface area contributed by atoms with Crippen LogP contribution < -0.4 is 0 Å². The molecule has 2 unspecified atom stereocenters. The van der Waals surface area contributed by atoms with Crippen LogP contribution in [-0.2, 0) is 6.42 Å². The summed E-state index contributed by atoms with van der Waals surface area (Å²) in [5.41, 5.74) is 1.48. The average molecular weight is 397 g/mol. The molecule has 1 aromatic carbocycles. The molecular weight excluding hydrogens is 352 g/mol. The molecule has 2 heteroatoms. The molecule has 1 heterocycles. The second-order valence-corrected chi connectivity index (χ2v) is 8.79. The lowest BCUT2D eigenvalue weighted by Crippen LogP contribution is -2.21. The highest BCUT2D eigenvalue weighted by Gasteiger charge is 2.22. The van der Waals surface area contributed by atoms with Crippen LogP contribution in [0.15, 0.2) is 49.1 Å². The maximum absolute atomic E-state index is 4.38. The van der Waals surface area contributed by atoms with Gasteiger partial charge in [-0.25, -0.2) is 4.98 Å². The number of aromatic nitrogens is 2. The fourth-order valence-corrected chi connectivity index (χ4v) is 4.59. The Balaban J connectivity index is 1.97. The van der Waals surface area contributed by atoms with Crippen LogP contribution in [0.4, 0.5) is 0 Å². The summed E-state index contributed by atoms with van der Waals surface area (Å²) in [5, 5.41) is 0. The van der Waals surface area contributed by atoms with Gasteiger partial charge >= 0.3 is 0 Å². The number of hydrogen-bond donors (Lipinski definition) is 0. The molecule has 0 fully saturated rings. The Morgan fingerprint density at radius 2 is 1.38 bits per heavy atom. The van der Waals surface area contributed by atoms with Gasteiger partial charge in [0.25, 0.3) is 0 Å². The van der Waals surface area contributed by atoms with Crippen LogP contribution in [0, 0.1) is 5.92 Å². The molecule has 162 valence electrons. The maximum Gasteiger partial charge on any atom is 0.0948 e. The lowest BCUT2D eigenvalue weighted by molar-refractivity contribution is 0.275. The molecule has 29 heavy (non-hydrogen) atoms. The molecule has 0 spiro atoms. The highest BCUT2D eigenvalue weighted by atomic mass is 15.1. The van der Waals surface area contributed by atoms with Crippen LogP contribution in [-0.4, -0.2) is 9.55 Å². The monoisotopic (exact) mass is 396 g/mol. The zero-order valence-corrected chi connectivity index (χ0v) is 19.1. The van der Waals surface area contributed by atoms with Gasteiger partial charge in [-0.1, -0.05) is 115 Å². The van der Waals surface area contributed by atoms with Crippen molar-refractivity contribution in [3.63, 3.8) is 0 Å². The first-order valence-corrected chi connectivity index (χ1v) is 12.4. The molecule has 0 saturated carbocycles. The second kappa shape index (κ2) is 15.3. The van der Waals surface area contributed by atoms with Gasteiger partial charge < -0.3 is 4.57 Å². The fourth-order valence-electron chi connectivity index (χ4n) is 4.59. The maximum atomic E-state index is 4.38. The molecule has 2 aromatic rings. The van der Waals surface area contributed by atoms with E-state index in [0.717, 1.165) is 0 Å². The molecule has 0 N–H and O–H groups in total. The largest absolute Gasteiger partial charge is 0.334 e. The van der Waals surface area contributed by atoms with E-state index in [1.54, 1.807) is 0 Å². The molecule has 2 rings (SSSR count). The lowest BCUT2D eigenvalue weighted by atomic mass is 9.84. The summed E-state index contributed by atoms with van der Waals surface area (Å²) < 4.78 is 2.41. The van der Waals surface area contributed by atoms with Crippen LogP contribution in [0.2, 0.25) is 0 Å². The molecule has 0 aliphatic heterocycles. The Labute approximate surface area is 180 Å². The first-order valence-electron chi connectivity index (χ1n) is 12.4. The number of nitrogens with zero attached hydrogens (tertiary/aromatic N) is 2. The van der Waals surface area contributed by atoms with E-state index in [0.29, 0.717) is 12.0 Å². The Morgan fingerprint density at radius 1 is 0.759 bits per heavy atom. The van der Waals surface area contributed by atoms with E-state index < -0.39 is 0 Å². The van der Waals surface area contributed by atoms with Crippen molar-refractivity contribution in [2.24, 2.45) is 5.92 Å². The van der Waals surface area contributed by atoms with Gasteiger partial charge in [0.05, 0.1) is 6.33 Å². The fraction of sp³-hybridized carbons (Fsp3) is 0.667. The van der Waals surface area contributed by atoms with Gasteiger partial charge in [0.1, 0.15) is 0 Å². The minimum absolute atomic E-state index is 0.579. The van der Waals surface area contributed by atoms with Gasteiger partial charge in [0, 0.05) is 18.4 Å². The summed E-state index contributed by atoms with van der Waals surface area (Å²) >= 11 is 0. The Hall–Kier alpha value is -1.57. The molecule has 0 saturated heterocycles. The van der Waals surface area contributed by atoms with Crippen molar-refractivity contribution in [2.45, 2.75) is 110 Å². The van der Waals surface area contributed by atoms with E-state index in [2.05, 4.69) is 66.3 Å². The summed E-state index contributed by atoms with van der Waals surface area (Å²) in [4.78, 5) is 4.38. The van der Waals surface area contributed by atoms with Gasteiger partial charge in [0.15, 0.2) is 0 Å². The standard InChI is InChI=1S/C27H44N2/c1-3-5-7-9-10-11-16-20-27(29-22-21-28-24-29)26(19-15-8-6-4-2)23-25-17-13-12-14-18-25/h12-14,17-18,21-22,24,26-27H,3-11,15-16,19-20,23H2,1-2H3. The van der Waals surface area contributed by atoms with Gasteiger partial charge in [0.2, 0.25) is 0 Å². The third kappa shape index (κ3) is 9.65. The third-order valence-corrected chi connectivity index (χ3v) is 6.32. The number of hydrogen-bond acceptors (Lipinski definition) is 1. The van der Waals surface area contributed by atoms with Crippen molar-refractivity contribution in [3.05, 3.63) is 54.6 Å². The van der Waals surface area contributed by atoms with Gasteiger partial charge in [-0.05, 0) is 30.7 Å². The molecule has 0 amide bonds. The number of rotatable bonds is 17. The van der Waals surface area contributed by atoms with Crippen LogP contribution in [0.5, 0.6) is 0 Å². The first kappa shape index (κ1) is 23.7. The van der Waals surface area contributed by atoms with Crippen molar-refractivity contribution >= 4 is 0 Å². The smallest absolute Gasteiger partial charge is 0.0948 e. The van der Waals surface area contributed by atoms with E-state index >= 15 is 0 Å². The highest BCUT2D eigenvalue weighted by molar-refractivity contribution is 5.15.